The van der Waals surface area contributed by atoms with Crippen LogP contribution in [-0.2, 0) is 0 Å². The van der Waals surface area contributed by atoms with E-state index in [0.29, 0.717) is 19.1 Å². The fourth-order valence-electron chi connectivity index (χ4n) is 2.22. The molecule has 2 aromatic rings. The van der Waals surface area contributed by atoms with Crippen LogP contribution < -0.4 is 20.9 Å². The fraction of sp³-hybridized carbons (Fsp3) is 0.316. The van der Waals surface area contributed by atoms with E-state index in [2.05, 4.69) is 34.7 Å². The van der Waals surface area contributed by atoms with Gasteiger partial charge in [0.05, 0.1) is 0 Å². The molecule has 0 radical (unpaired) electrons. The van der Waals surface area contributed by atoms with Crippen LogP contribution in [0.1, 0.15) is 13.8 Å². The maximum Gasteiger partial charge on any atom is 0.319 e. The van der Waals surface area contributed by atoms with E-state index in [1.165, 1.54) is 0 Å². The van der Waals surface area contributed by atoms with Crippen molar-refractivity contribution in [2.24, 2.45) is 0 Å². The van der Waals surface area contributed by atoms with E-state index in [0.717, 1.165) is 17.1 Å². The molecule has 0 atom stereocenters. The van der Waals surface area contributed by atoms with Gasteiger partial charge in [-0.3, -0.25) is 0 Å². The molecule has 0 aliphatic heterocycles. The van der Waals surface area contributed by atoms with E-state index in [1.807, 2.05) is 61.6 Å². The average molecular weight is 326 g/mol. The lowest BCUT2D eigenvalue weighted by atomic mass is 10.2. The van der Waals surface area contributed by atoms with Gasteiger partial charge in [0.15, 0.2) is 0 Å². The largest absolute Gasteiger partial charge is 0.383 e. The minimum Gasteiger partial charge on any atom is -0.383 e. The third-order valence-electron chi connectivity index (χ3n) is 3.80. The number of benzene rings is 2. The highest BCUT2D eigenvalue weighted by Crippen LogP contribution is 2.19. The van der Waals surface area contributed by atoms with Gasteiger partial charge in [-0.05, 0) is 44.2 Å². The molecule has 2 amide bonds. The molecule has 0 aromatic heterocycles. The second-order valence-electron chi connectivity index (χ2n) is 5.93. The van der Waals surface area contributed by atoms with E-state index >= 15 is 0 Å². The summed E-state index contributed by atoms with van der Waals surface area (Å²) in [6, 6.07) is 18.0. The second kappa shape index (κ2) is 8.82. The van der Waals surface area contributed by atoms with Crippen molar-refractivity contribution in [1.29, 1.82) is 0 Å². The molecule has 0 fully saturated rings. The van der Waals surface area contributed by atoms with Crippen molar-refractivity contribution in [1.82, 2.24) is 5.32 Å². The molecule has 128 valence electrons. The number of para-hydroxylation sites is 1. The first-order valence-corrected chi connectivity index (χ1v) is 8.23. The summed E-state index contributed by atoms with van der Waals surface area (Å²) in [7, 11) is 2.04. The molecule has 2 rings (SSSR count). The molecule has 0 heterocycles. The van der Waals surface area contributed by atoms with Crippen LogP contribution in [0.15, 0.2) is 54.6 Å². The van der Waals surface area contributed by atoms with Gasteiger partial charge in [0.2, 0.25) is 0 Å². The molecule has 0 aliphatic rings. The SMILES string of the molecule is CC(C)N(C)c1cccc(NC(=O)NCCNc2ccccc2)c1. The molecule has 0 saturated heterocycles. The van der Waals surface area contributed by atoms with Gasteiger partial charge in [-0.1, -0.05) is 24.3 Å². The number of carbonyl (C=O) groups excluding carboxylic acids is 1. The Bertz CT molecular complexity index is 643. The van der Waals surface area contributed by atoms with Crippen molar-refractivity contribution in [3.05, 3.63) is 54.6 Å². The lowest BCUT2D eigenvalue weighted by molar-refractivity contribution is 0.252. The number of nitrogens with zero attached hydrogens (tertiary/aromatic N) is 1. The molecule has 0 bridgehead atoms. The maximum atomic E-state index is 12.0. The molecule has 0 saturated carbocycles. The number of carbonyl (C=O) groups is 1. The average Bonchev–Trinajstić information content (AvgIpc) is 2.59. The molecular formula is C19H26N4O. The Hall–Kier alpha value is -2.69. The van der Waals surface area contributed by atoms with Gasteiger partial charge >= 0.3 is 6.03 Å². The molecule has 0 aliphatic carbocycles. The van der Waals surface area contributed by atoms with Gasteiger partial charge in [-0.25, -0.2) is 4.79 Å². The first-order valence-electron chi connectivity index (χ1n) is 8.23. The lowest BCUT2D eigenvalue weighted by Crippen LogP contribution is -2.32. The van der Waals surface area contributed by atoms with E-state index in [1.54, 1.807) is 0 Å². The van der Waals surface area contributed by atoms with Crippen LogP contribution in [0, 0.1) is 0 Å². The fourth-order valence-corrected chi connectivity index (χ4v) is 2.22. The van der Waals surface area contributed by atoms with E-state index in [-0.39, 0.29) is 6.03 Å². The summed E-state index contributed by atoms with van der Waals surface area (Å²) in [6.07, 6.45) is 0. The summed E-state index contributed by atoms with van der Waals surface area (Å²) in [5, 5.41) is 8.97. The van der Waals surface area contributed by atoms with Crippen molar-refractivity contribution in [2.45, 2.75) is 19.9 Å². The Balaban J connectivity index is 1.77. The number of hydrogen-bond acceptors (Lipinski definition) is 3. The summed E-state index contributed by atoms with van der Waals surface area (Å²) < 4.78 is 0. The number of rotatable bonds is 7. The molecule has 5 nitrogen and oxygen atoms in total. The number of urea groups is 1. The third-order valence-corrected chi connectivity index (χ3v) is 3.80. The quantitative estimate of drug-likeness (QED) is 0.679. The molecule has 3 N–H and O–H groups in total. The minimum absolute atomic E-state index is 0.200. The van der Waals surface area contributed by atoms with Gasteiger partial charge in [-0.2, -0.15) is 0 Å². The van der Waals surface area contributed by atoms with E-state index in [9.17, 15) is 4.79 Å². The summed E-state index contributed by atoms with van der Waals surface area (Å²) in [4.78, 5) is 14.1. The van der Waals surface area contributed by atoms with Gasteiger partial charge in [0.25, 0.3) is 0 Å². The van der Waals surface area contributed by atoms with Crippen LogP contribution in [0.5, 0.6) is 0 Å². The van der Waals surface area contributed by atoms with Crippen LogP contribution in [0.25, 0.3) is 0 Å². The van der Waals surface area contributed by atoms with Crippen molar-refractivity contribution < 1.29 is 4.79 Å². The Morgan fingerprint density at radius 3 is 2.42 bits per heavy atom. The molecule has 5 heteroatoms. The van der Waals surface area contributed by atoms with Crippen molar-refractivity contribution in [3.8, 4) is 0 Å². The number of anilines is 3. The minimum atomic E-state index is -0.200. The molecule has 2 aromatic carbocycles. The van der Waals surface area contributed by atoms with Crippen LogP contribution in [-0.4, -0.2) is 32.2 Å². The van der Waals surface area contributed by atoms with Crippen molar-refractivity contribution in [3.63, 3.8) is 0 Å². The van der Waals surface area contributed by atoms with Gasteiger partial charge in [-0.15, -0.1) is 0 Å². The Kier molecular flexibility index (Phi) is 6.49. The van der Waals surface area contributed by atoms with Crippen molar-refractivity contribution >= 4 is 23.1 Å². The zero-order valence-corrected chi connectivity index (χ0v) is 14.5. The van der Waals surface area contributed by atoms with Crippen LogP contribution >= 0.6 is 0 Å². The molecule has 24 heavy (non-hydrogen) atoms. The zero-order valence-electron chi connectivity index (χ0n) is 14.5. The highest BCUT2D eigenvalue weighted by Gasteiger charge is 2.07. The predicted molar refractivity (Wildman–Crippen MR) is 102 cm³/mol. The third kappa shape index (κ3) is 5.50. The molecule has 0 spiro atoms. The lowest BCUT2D eigenvalue weighted by Gasteiger charge is -2.24. The monoisotopic (exact) mass is 326 g/mol. The first-order chi connectivity index (χ1) is 11.6. The van der Waals surface area contributed by atoms with E-state index < -0.39 is 0 Å². The van der Waals surface area contributed by atoms with E-state index in [4.69, 9.17) is 0 Å². The zero-order chi connectivity index (χ0) is 17.4. The predicted octanol–water partition coefficient (Wildman–Crippen LogP) is 3.76. The van der Waals surface area contributed by atoms with Gasteiger partial charge in [0.1, 0.15) is 0 Å². The van der Waals surface area contributed by atoms with Gasteiger partial charge < -0.3 is 20.9 Å². The highest BCUT2D eigenvalue weighted by molar-refractivity contribution is 5.89. The van der Waals surface area contributed by atoms with Crippen LogP contribution in [0.4, 0.5) is 21.9 Å². The number of amides is 2. The first kappa shape index (κ1) is 17.7. The van der Waals surface area contributed by atoms with Crippen molar-refractivity contribution in [2.75, 3.05) is 35.7 Å². The number of nitrogens with one attached hydrogen (secondary N) is 3. The Morgan fingerprint density at radius 2 is 1.71 bits per heavy atom. The second-order valence-corrected chi connectivity index (χ2v) is 5.93. The van der Waals surface area contributed by atoms with Crippen LogP contribution in [0.3, 0.4) is 0 Å². The standard InChI is InChI=1S/C19H26N4O/c1-15(2)23(3)18-11-7-10-17(14-18)22-19(24)21-13-12-20-16-8-5-4-6-9-16/h4-11,14-15,20H,12-13H2,1-3H3,(H2,21,22,24). The molecular weight excluding hydrogens is 300 g/mol. The summed E-state index contributed by atoms with van der Waals surface area (Å²) in [5.74, 6) is 0. The van der Waals surface area contributed by atoms with Crippen LogP contribution in [0.2, 0.25) is 0 Å². The maximum absolute atomic E-state index is 12.0. The van der Waals surface area contributed by atoms with Gasteiger partial charge in [0, 0.05) is 43.2 Å². The smallest absolute Gasteiger partial charge is 0.319 e. The Morgan fingerprint density at radius 1 is 1.00 bits per heavy atom. The summed E-state index contributed by atoms with van der Waals surface area (Å²) in [6.45, 7) is 5.49. The topological polar surface area (TPSA) is 56.4 Å². The highest BCUT2D eigenvalue weighted by atomic mass is 16.2. The molecule has 0 unspecified atom stereocenters. The Labute approximate surface area is 144 Å². The summed E-state index contributed by atoms with van der Waals surface area (Å²) in [5.41, 5.74) is 2.91. The normalized spacial score (nSPS) is 10.3. The summed E-state index contributed by atoms with van der Waals surface area (Å²) >= 11 is 0. The number of hydrogen-bond donors (Lipinski definition) is 3.